The van der Waals surface area contributed by atoms with Crippen LogP contribution in [0.25, 0.3) is 0 Å². The molecule has 1 N–H and O–H groups in total. The van der Waals surface area contributed by atoms with Crippen molar-refractivity contribution < 1.29 is 8.42 Å². The van der Waals surface area contributed by atoms with Crippen LogP contribution in [0.15, 0.2) is 11.1 Å². The first-order valence-corrected chi connectivity index (χ1v) is 8.27. The highest BCUT2D eigenvalue weighted by Crippen LogP contribution is 2.26. The van der Waals surface area contributed by atoms with E-state index in [0.29, 0.717) is 29.7 Å². The van der Waals surface area contributed by atoms with Crippen molar-refractivity contribution in [3.8, 4) is 0 Å². The van der Waals surface area contributed by atoms with Crippen molar-refractivity contribution in [2.24, 2.45) is 0 Å². The highest BCUT2D eigenvalue weighted by Gasteiger charge is 2.36. The normalized spacial score (nSPS) is 26.3. The molecular weight excluding hydrogens is 264 g/mol. The lowest BCUT2D eigenvalue weighted by Gasteiger charge is -2.23. The molecule has 3 heterocycles. The molecule has 3 rings (SSSR count). The Morgan fingerprint density at radius 2 is 2.05 bits per heavy atom. The van der Waals surface area contributed by atoms with Crippen molar-refractivity contribution in [3.05, 3.63) is 11.9 Å². The van der Waals surface area contributed by atoms with Crippen molar-refractivity contribution in [2.45, 2.75) is 37.1 Å². The Labute approximate surface area is 113 Å². The van der Waals surface area contributed by atoms with Gasteiger partial charge in [0.25, 0.3) is 0 Å². The highest BCUT2D eigenvalue weighted by molar-refractivity contribution is 7.89. The Morgan fingerprint density at radius 1 is 1.32 bits per heavy atom. The number of aryl methyl sites for hydroxylation is 1. The van der Waals surface area contributed by atoms with Crippen molar-refractivity contribution >= 4 is 10.0 Å². The first-order valence-electron chi connectivity index (χ1n) is 6.83. The molecule has 1 aromatic heterocycles. The van der Waals surface area contributed by atoms with E-state index in [-0.39, 0.29) is 0 Å². The summed E-state index contributed by atoms with van der Waals surface area (Å²) in [4.78, 5) is 2.74. The van der Waals surface area contributed by atoms with Gasteiger partial charge in [-0.2, -0.15) is 9.40 Å². The van der Waals surface area contributed by atoms with Gasteiger partial charge < -0.3 is 0 Å². The molecule has 0 spiro atoms. The second-order valence-corrected chi connectivity index (χ2v) is 7.31. The van der Waals surface area contributed by atoms with E-state index in [0.717, 1.165) is 19.5 Å². The van der Waals surface area contributed by atoms with Gasteiger partial charge in [0, 0.05) is 19.1 Å². The summed E-state index contributed by atoms with van der Waals surface area (Å²) in [6.45, 7) is 5.21. The summed E-state index contributed by atoms with van der Waals surface area (Å²) in [6, 6.07) is 0.393. The maximum atomic E-state index is 12.5. The number of hydrogen-bond acceptors (Lipinski definition) is 4. The SMILES string of the molecule is Cc1[nH]ncc1S(=O)(=O)N1CCC(N2CCCC2)C1. The molecule has 1 atom stereocenters. The molecule has 0 saturated carbocycles. The van der Waals surface area contributed by atoms with Crippen LogP contribution in [0.4, 0.5) is 0 Å². The average molecular weight is 284 g/mol. The topological polar surface area (TPSA) is 69.3 Å². The molecule has 106 valence electrons. The van der Waals surface area contributed by atoms with E-state index < -0.39 is 10.0 Å². The Balaban J connectivity index is 1.75. The van der Waals surface area contributed by atoms with E-state index in [1.807, 2.05) is 0 Å². The summed E-state index contributed by atoms with van der Waals surface area (Å²) in [5.41, 5.74) is 0.615. The van der Waals surface area contributed by atoms with Gasteiger partial charge in [-0.15, -0.1) is 0 Å². The van der Waals surface area contributed by atoms with Crippen molar-refractivity contribution in [1.82, 2.24) is 19.4 Å². The summed E-state index contributed by atoms with van der Waals surface area (Å²) in [7, 11) is -3.38. The van der Waals surface area contributed by atoms with Crippen LogP contribution >= 0.6 is 0 Å². The van der Waals surface area contributed by atoms with Gasteiger partial charge in [-0.3, -0.25) is 10.00 Å². The number of nitrogens with zero attached hydrogens (tertiary/aromatic N) is 3. The third kappa shape index (κ3) is 2.30. The molecule has 0 amide bonds. The van der Waals surface area contributed by atoms with E-state index in [9.17, 15) is 8.42 Å². The smallest absolute Gasteiger partial charge is 0.246 e. The lowest BCUT2D eigenvalue weighted by molar-refractivity contribution is 0.251. The van der Waals surface area contributed by atoms with E-state index in [1.54, 1.807) is 11.2 Å². The molecule has 7 heteroatoms. The lowest BCUT2D eigenvalue weighted by Crippen LogP contribution is -2.37. The zero-order valence-electron chi connectivity index (χ0n) is 11.2. The number of sulfonamides is 1. The second kappa shape index (κ2) is 4.88. The fourth-order valence-corrected chi connectivity index (χ4v) is 4.68. The van der Waals surface area contributed by atoms with E-state index in [4.69, 9.17) is 0 Å². The van der Waals surface area contributed by atoms with Crippen molar-refractivity contribution in [1.29, 1.82) is 0 Å². The fraction of sp³-hybridized carbons (Fsp3) is 0.750. The Kier molecular flexibility index (Phi) is 3.36. The number of likely N-dealkylation sites (tertiary alicyclic amines) is 1. The van der Waals surface area contributed by atoms with Crippen molar-refractivity contribution in [2.75, 3.05) is 26.2 Å². The van der Waals surface area contributed by atoms with Gasteiger partial charge >= 0.3 is 0 Å². The van der Waals surface area contributed by atoms with Crippen LogP contribution in [0.1, 0.15) is 25.0 Å². The number of aromatic amines is 1. The minimum absolute atomic E-state index is 0.314. The number of hydrogen-bond donors (Lipinski definition) is 1. The van der Waals surface area contributed by atoms with Crippen LogP contribution < -0.4 is 0 Å². The first-order chi connectivity index (χ1) is 9.09. The van der Waals surface area contributed by atoms with E-state index in [1.165, 1.54) is 19.0 Å². The van der Waals surface area contributed by atoms with Crippen LogP contribution in [0.5, 0.6) is 0 Å². The third-order valence-corrected chi connectivity index (χ3v) is 6.16. The molecule has 2 fully saturated rings. The lowest BCUT2D eigenvalue weighted by atomic mass is 10.2. The summed E-state index contributed by atoms with van der Waals surface area (Å²) >= 11 is 0. The number of nitrogens with one attached hydrogen (secondary N) is 1. The number of rotatable bonds is 3. The summed E-state index contributed by atoms with van der Waals surface area (Å²) < 4.78 is 26.7. The molecule has 6 nitrogen and oxygen atoms in total. The summed E-state index contributed by atoms with van der Waals surface area (Å²) in [5, 5.41) is 6.51. The molecule has 1 unspecified atom stereocenters. The largest absolute Gasteiger partial charge is 0.299 e. The molecule has 0 radical (unpaired) electrons. The number of H-pyrrole nitrogens is 1. The van der Waals surface area contributed by atoms with Gasteiger partial charge in [0.2, 0.25) is 10.0 Å². The average Bonchev–Trinajstić information content (AvgIpc) is 3.10. The molecule has 0 aliphatic carbocycles. The standard InChI is InChI=1S/C12H20N4O2S/c1-10-12(8-13-14-10)19(17,18)16-7-4-11(9-16)15-5-2-3-6-15/h8,11H,2-7,9H2,1H3,(H,13,14). The van der Waals surface area contributed by atoms with Crippen molar-refractivity contribution in [3.63, 3.8) is 0 Å². The molecule has 19 heavy (non-hydrogen) atoms. The third-order valence-electron chi connectivity index (χ3n) is 4.18. The van der Waals surface area contributed by atoms with Crippen LogP contribution in [0, 0.1) is 6.92 Å². The zero-order valence-corrected chi connectivity index (χ0v) is 12.0. The summed E-state index contributed by atoms with van der Waals surface area (Å²) in [6.07, 6.45) is 4.83. The fourth-order valence-electron chi connectivity index (χ4n) is 3.07. The van der Waals surface area contributed by atoms with Crippen LogP contribution in [-0.2, 0) is 10.0 Å². The monoisotopic (exact) mass is 284 g/mol. The molecule has 0 bridgehead atoms. The van der Waals surface area contributed by atoms with Crippen LogP contribution in [-0.4, -0.2) is 60.0 Å². The van der Waals surface area contributed by atoms with Crippen LogP contribution in [0.3, 0.4) is 0 Å². The molecule has 1 aromatic rings. The van der Waals surface area contributed by atoms with Crippen LogP contribution in [0.2, 0.25) is 0 Å². The van der Waals surface area contributed by atoms with Gasteiger partial charge in [-0.1, -0.05) is 0 Å². The van der Waals surface area contributed by atoms with E-state index in [2.05, 4.69) is 15.1 Å². The Hall–Kier alpha value is -0.920. The minimum Gasteiger partial charge on any atom is -0.299 e. The number of aromatic nitrogens is 2. The maximum Gasteiger partial charge on any atom is 0.246 e. The molecule has 2 aliphatic heterocycles. The predicted molar refractivity (Wildman–Crippen MR) is 71.3 cm³/mol. The van der Waals surface area contributed by atoms with Gasteiger partial charge in [0.05, 0.1) is 11.9 Å². The van der Waals surface area contributed by atoms with Gasteiger partial charge in [0.15, 0.2) is 0 Å². The predicted octanol–water partition coefficient (Wildman–Crippen LogP) is 0.577. The zero-order chi connectivity index (χ0) is 13.5. The Bertz CT molecular complexity index is 548. The quantitative estimate of drug-likeness (QED) is 0.881. The Morgan fingerprint density at radius 3 is 2.68 bits per heavy atom. The van der Waals surface area contributed by atoms with Gasteiger partial charge in [-0.25, -0.2) is 8.42 Å². The molecule has 0 aromatic carbocycles. The minimum atomic E-state index is -3.38. The van der Waals surface area contributed by atoms with E-state index >= 15 is 0 Å². The molecule has 2 saturated heterocycles. The first kappa shape index (κ1) is 13.1. The molecular formula is C12H20N4O2S. The van der Waals surface area contributed by atoms with Gasteiger partial charge in [0.1, 0.15) is 4.90 Å². The molecule has 2 aliphatic rings. The van der Waals surface area contributed by atoms with Gasteiger partial charge in [-0.05, 0) is 39.3 Å². The highest BCUT2D eigenvalue weighted by atomic mass is 32.2. The summed E-state index contributed by atoms with van der Waals surface area (Å²) in [5.74, 6) is 0. The second-order valence-electron chi connectivity index (χ2n) is 5.41. The maximum absolute atomic E-state index is 12.5.